The highest BCUT2D eigenvalue weighted by Crippen LogP contribution is 2.20. The molecule has 1 aliphatic heterocycles. The minimum Gasteiger partial charge on any atom is -0.507 e. The number of likely N-dealkylation sites (N-methyl/N-ethyl adjacent to an activating group) is 1. The van der Waals surface area contributed by atoms with Gasteiger partial charge in [-0.05, 0) is 24.6 Å². The molecule has 102 valence electrons. The Morgan fingerprint density at radius 2 is 2.11 bits per heavy atom. The maximum Gasteiger partial charge on any atom is 0.258 e. The molecule has 1 saturated heterocycles. The summed E-state index contributed by atoms with van der Waals surface area (Å²) in [5.41, 5.74) is -0.114. The average Bonchev–Trinajstić information content (AvgIpc) is 2.54. The second-order valence-corrected chi connectivity index (χ2v) is 4.56. The molecule has 1 heterocycles. The quantitative estimate of drug-likeness (QED) is 0.819. The number of carbonyl (C=O) groups is 2. The third-order valence-electron chi connectivity index (χ3n) is 3.15. The third-order valence-corrected chi connectivity index (χ3v) is 3.15. The van der Waals surface area contributed by atoms with Gasteiger partial charge in [0.1, 0.15) is 18.1 Å². The van der Waals surface area contributed by atoms with Gasteiger partial charge in [0.2, 0.25) is 5.91 Å². The van der Waals surface area contributed by atoms with Crippen molar-refractivity contribution in [2.45, 2.75) is 6.42 Å². The fourth-order valence-electron chi connectivity index (χ4n) is 2.01. The van der Waals surface area contributed by atoms with Crippen molar-refractivity contribution >= 4 is 11.8 Å². The number of hydrogen-bond donors (Lipinski definition) is 1. The third kappa shape index (κ3) is 2.83. The molecule has 1 fully saturated rings. The summed E-state index contributed by atoms with van der Waals surface area (Å²) in [6.07, 6.45) is 0.657. The lowest BCUT2D eigenvalue weighted by molar-refractivity contribution is -0.129. The van der Waals surface area contributed by atoms with E-state index >= 15 is 0 Å². The van der Waals surface area contributed by atoms with Crippen LogP contribution in [0.4, 0.5) is 4.39 Å². The largest absolute Gasteiger partial charge is 0.507 e. The van der Waals surface area contributed by atoms with E-state index in [-0.39, 0.29) is 23.8 Å². The van der Waals surface area contributed by atoms with E-state index in [4.69, 9.17) is 0 Å². The van der Waals surface area contributed by atoms with E-state index in [0.717, 1.165) is 18.2 Å². The van der Waals surface area contributed by atoms with Gasteiger partial charge in [0.25, 0.3) is 5.91 Å². The number of aromatic hydroxyl groups is 1. The molecular weight excluding hydrogens is 251 g/mol. The molecule has 1 aromatic rings. The predicted molar refractivity (Wildman–Crippen MR) is 66.2 cm³/mol. The fraction of sp³-hybridized carbons (Fsp3) is 0.385. The Balaban J connectivity index is 2.23. The molecule has 2 amide bonds. The SMILES string of the molecule is CN1CCCN(C(=O)c2cc(F)ccc2O)CC1=O. The van der Waals surface area contributed by atoms with Gasteiger partial charge in [-0.1, -0.05) is 0 Å². The van der Waals surface area contributed by atoms with Crippen molar-refractivity contribution in [3.63, 3.8) is 0 Å². The van der Waals surface area contributed by atoms with Gasteiger partial charge in [0.15, 0.2) is 0 Å². The first-order valence-electron chi connectivity index (χ1n) is 6.01. The topological polar surface area (TPSA) is 60.9 Å². The highest BCUT2D eigenvalue weighted by molar-refractivity contribution is 5.98. The van der Waals surface area contributed by atoms with E-state index in [1.807, 2.05) is 0 Å². The number of amides is 2. The zero-order valence-electron chi connectivity index (χ0n) is 10.6. The number of hydrogen-bond acceptors (Lipinski definition) is 3. The van der Waals surface area contributed by atoms with Crippen LogP contribution < -0.4 is 0 Å². The highest BCUT2D eigenvalue weighted by Gasteiger charge is 2.25. The second-order valence-electron chi connectivity index (χ2n) is 4.56. The van der Waals surface area contributed by atoms with Gasteiger partial charge in [-0.15, -0.1) is 0 Å². The van der Waals surface area contributed by atoms with Gasteiger partial charge in [0.05, 0.1) is 5.56 Å². The normalized spacial score (nSPS) is 16.4. The second kappa shape index (κ2) is 5.26. The molecule has 0 bridgehead atoms. The molecule has 5 nitrogen and oxygen atoms in total. The molecule has 0 unspecified atom stereocenters. The van der Waals surface area contributed by atoms with Crippen molar-refractivity contribution in [3.05, 3.63) is 29.6 Å². The van der Waals surface area contributed by atoms with Crippen LogP contribution in [0, 0.1) is 5.82 Å². The lowest BCUT2D eigenvalue weighted by Gasteiger charge is -2.20. The minimum absolute atomic E-state index is 0.0503. The maximum absolute atomic E-state index is 13.1. The molecule has 0 spiro atoms. The number of benzene rings is 1. The Hall–Kier alpha value is -2.11. The van der Waals surface area contributed by atoms with Crippen LogP contribution in [0.1, 0.15) is 16.8 Å². The summed E-state index contributed by atoms with van der Waals surface area (Å²) in [4.78, 5) is 26.8. The van der Waals surface area contributed by atoms with E-state index in [2.05, 4.69) is 0 Å². The van der Waals surface area contributed by atoms with Crippen molar-refractivity contribution in [2.24, 2.45) is 0 Å². The Labute approximate surface area is 110 Å². The molecule has 0 saturated carbocycles. The first-order chi connectivity index (χ1) is 8.99. The zero-order valence-corrected chi connectivity index (χ0v) is 10.6. The van der Waals surface area contributed by atoms with E-state index in [0.29, 0.717) is 19.5 Å². The van der Waals surface area contributed by atoms with Crippen LogP contribution in [-0.4, -0.2) is 53.4 Å². The molecule has 0 radical (unpaired) electrons. The van der Waals surface area contributed by atoms with Crippen molar-refractivity contribution in [2.75, 3.05) is 26.7 Å². The Morgan fingerprint density at radius 3 is 2.84 bits per heavy atom. The number of phenols is 1. The molecule has 6 heteroatoms. The molecule has 0 atom stereocenters. The van der Waals surface area contributed by atoms with Gasteiger partial charge in [-0.25, -0.2) is 4.39 Å². The lowest BCUT2D eigenvalue weighted by Crippen LogP contribution is -2.38. The predicted octanol–water partition coefficient (Wildman–Crippen LogP) is 0.836. The summed E-state index contributed by atoms with van der Waals surface area (Å²) in [5.74, 6) is -1.57. The van der Waals surface area contributed by atoms with Crippen LogP contribution in [0.15, 0.2) is 18.2 Å². The summed E-state index contributed by atoms with van der Waals surface area (Å²) >= 11 is 0. The van der Waals surface area contributed by atoms with Crippen molar-refractivity contribution in [1.29, 1.82) is 0 Å². The van der Waals surface area contributed by atoms with E-state index in [9.17, 15) is 19.1 Å². The number of rotatable bonds is 1. The van der Waals surface area contributed by atoms with Gasteiger partial charge in [-0.3, -0.25) is 9.59 Å². The van der Waals surface area contributed by atoms with E-state index in [1.165, 1.54) is 4.90 Å². The number of halogens is 1. The highest BCUT2D eigenvalue weighted by atomic mass is 19.1. The molecule has 0 aromatic heterocycles. The van der Waals surface area contributed by atoms with Crippen LogP contribution in [0.25, 0.3) is 0 Å². The standard InChI is InChI=1S/C13H15FN2O3/c1-15-5-2-6-16(8-12(15)18)13(19)10-7-9(14)3-4-11(10)17/h3-4,7,17H,2,5-6,8H2,1H3. The summed E-state index contributed by atoms with van der Waals surface area (Å²) in [6, 6.07) is 3.19. The average molecular weight is 266 g/mol. The molecule has 1 aliphatic rings. The Bertz CT molecular complexity index is 519. The maximum atomic E-state index is 13.1. The lowest BCUT2D eigenvalue weighted by atomic mass is 10.1. The summed E-state index contributed by atoms with van der Waals surface area (Å²) < 4.78 is 13.1. The van der Waals surface area contributed by atoms with Crippen LogP contribution >= 0.6 is 0 Å². The van der Waals surface area contributed by atoms with Crippen molar-refractivity contribution in [1.82, 2.24) is 9.80 Å². The van der Waals surface area contributed by atoms with E-state index in [1.54, 1.807) is 11.9 Å². The Morgan fingerprint density at radius 1 is 1.37 bits per heavy atom. The molecule has 1 aromatic carbocycles. The first-order valence-corrected chi connectivity index (χ1v) is 6.01. The van der Waals surface area contributed by atoms with Gasteiger partial charge in [0, 0.05) is 20.1 Å². The first kappa shape index (κ1) is 13.3. The summed E-state index contributed by atoms with van der Waals surface area (Å²) in [5, 5.41) is 9.61. The van der Waals surface area contributed by atoms with Crippen LogP contribution in [0.3, 0.4) is 0 Å². The summed E-state index contributed by atoms with van der Waals surface area (Å²) in [7, 11) is 1.68. The van der Waals surface area contributed by atoms with Crippen molar-refractivity contribution < 1.29 is 19.1 Å². The number of nitrogens with zero attached hydrogens (tertiary/aromatic N) is 2. The zero-order chi connectivity index (χ0) is 14.0. The molecule has 19 heavy (non-hydrogen) atoms. The molecular formula is C13H15FN2O3. The van der Waals surface area contributed by atoms with Gasteiger partial charge >= 0.3 is 0 Å². The van der Waals surface area contributed by atoms with Gasteiger partial charge < -0.3 is 14.9 Å². The van der Waals surface area contributed by atoms with Crippen molar-refractivity contribution in [3.8, 4) is 5.75 Å². The van der Waals surface area contributed by atoms with E-state index < -0.39 is 11.7 Å². The fourth-order valence-corrected chi connectivity index (χ4v) is 2.01. The number of carbonyl (C=O) groups excluding carboxylic acids is 2. The number of phenolic OH excluding ortho intramolecular Hbond substituents is 1. The van der Waals surface area contributed by atoms with Crippen LogP contribution in [0.5, 0.6) is 5.75 Å². The van der Waals surface area contributed by atoms with Gasteiger partial charge in [-0.2, -0.15) is 0 Å². The minimum atomic E-state index is -0.598. The molecule has 2 rings (SSSR count). The Kier molecular flexibility index (Phi) is 3.69. The molecule has 1 N–H and O–H groups in total. The van der Waals surface area contributed by atoms with Crippen LogP contribution in [0.2, 0.25) is 0 Å². The van der Waals surface area contributed by atoms with Crippen LogP contribution in [-0.2, 0) is 4.79 Å². The molecule has 0 aliphatic carbocycles. The summed E-state index contributed by atoms with van der Waals surface area (Å²) in [6.45, 7) is 0.938. The monoisotopic (exact) mass is 266 g/mol. The smallest absolute Gasteiger partial charge is 0.258 e.